The quantitative estimate of drug-likeness (QED) is 0.828. The lowest BCUT2D eigenvalue weighted by Gasteiger charge is -2.36. The van der Waals surface area contributed by atoms with Gasteiger partial charge >= 0.3 is 5.97 Å². The normalized spacial score (nSPS) is 20.3. The number of hydrogen-bond donors (Lipinski definition) is 1. The third kappa shape index (κ3) is 4.98. The van der Waals surface area contributed by atoms with Gasteiger partial charge in [0.25, 0.3) is 0 Å². The van der Waals surface area contributed by atoms with E-state index in [1.54, 1.807) is 25.7 Å². The lowest BCUT2D eigenvalue weighted by molar-refractivity contribution is -0.139. The van der Waals surface area contributed by atoms with Gasteiger partial charge in [0, 0.05) is 19.0 Å². The van der Waals surface area contributed by atoms with E-state index in [1.807, 2.05) is 0 Å². The molecule has 0 radical (unpaired) electrons. The highest BCUT2D eigenvalue weighted by atomic mass is 32.2. The zero-order valence-electron chi connectivity index (χ0n) is 13.0. The molecule has 0 spiro atoms. The van der Waals surface area contributed by atoms with Gasteiger partial charge < -0.3 is 10.0 Å². The van der Waals surface area contributed by atoms with Gasteiger partial charge in [0.2, 0.25) is 5.91 Å². The molecular weight excluding hydrogens is 294 g/mol. The van der Waals surface area contributed by atoms with Crippen LogP contribution in [0.5, 0.6) is 0 Å². The second kappa shape index (κ2) is 6.77. The highest BCUT2D eigenvalue weighted by Crippen LogP contribution is 2.23. The Kier molecular flexibility index (Phi) is 5.78. The summed E-state index contributed by atoms with van der Waals surface area (Å²) >= 11 is 0. The van der Waals surface area contributed by atoms with Crippen molar-refractivity contribution in [3.05, 3.63) is 0 Å². The lowest BCUT2D eigenvalue weighted by Crippen LogP contribution is -2.48. The first-order valence-corrected chi connectivity index (χ1v) is 8.93. The molecule has 1 N–H and O–H groups in total. The van der Waals surface area contributed by atoms with Gasteiger partial charge in [0.05, 0.1) is 4.75 Å². The van der Waals surface area contributed by atoms with E-state index in [1.165, 1.54) is 0 Å². The number of rotatable bonds is 5. The van der Waals surface area contributed by atoms with Gasteiger partial charge in [-0.2, -0.15) is 0 Å². The molecule has 6 nitrogen and oxygen atoms in total. The maximum absolute atomic E-state index is 12.3. The van der Waals surface area contributed by atoms with Gasteiger partial charge in [-0.3, -0.25) is 9.59 Å². The van der Waals surface area contributed by atoms with Crippen LogP contribution in [0.4, 0.5) is 0 Å². The molecule has 21 heavy (non-hydrogen) atoms. The molecule has 1 saturated heterocycles. The Morgan fingerprint density at radius 2 is 1.86 bits per heavy atom. The molecule has 7 heteroatoms. The largest absolute Gasteiger partial charge is 0.481 e. The summed E-state index contributed by atoms with van der Waals surface area (Å²) in [5, 5.41) is 8.76. The molecule has 1 amide bonds. The van der Waals surface area contributed by atoms with Crippen molar-refractivity contribution in [2.24, 2.45) is 0 Å². The van der Waals surface area contributed by atoms with E-state index in [0.717, 1.165) is 19.3 Å². The van der Waals surface area contributed by atoms with Gasteiger partial charge in [-0.25, -0.2) is 8.42 Å². The van der Waals surface area contributed by atoms with E-state index in [2.05, 4.69) is 0 Å². The average Bonchev–Trinajstić information content (AvgIpc) is 2.34. The lowest BCUT2D eigenvalue weighted by atomic mass is 9.98. The number of carboxylic acid groups (broad SMARTS) is 1. The smallest absolute Gasteiger partial charge is 0.303 e. The number of hydrogen-bond acceptors (Lipinski definition) is 4. The topological polar surface area (TPSA) is 91.8 Å². The SMILES string of the molecule is CC(C)(C)S(=O)(=O)CC(=O)N1CCCCC1CCC(=O)O. The summed E-state index contributed by atoms with van der Waals surface area (Å²) in [6.45, 7) is 5.25. The number of carbonyl (C=O) groups excluding carboxylic acids is 1. The molecule has 1 fully saturated rings. The van der Waals surface area contributed by atoms with Crippen molar-refractivity contribution in [2.75, 3.05) is 12.3 Å². The number of piperidine rings is 1. The first-order valence-electron chi connectivity index (χ1n) is 7.28. The van der Waals surface area contributed by atoms with Crippen LogP contribution in [0.1, 0.15) is 52.9 Å². The third-order valence-corrected chi connectivity index (χ3v) is 6.38. The fourth-order valence-electron chi connectivity index (χ4n) is 2.38. The van der Waals surface area contributed by atoms with Crippen LogP contribution in [0.25, 0.3) is 0 Å². The minimum Gasteiger partial charge on any atom is -0.481 e. The maximum atomic E-state index is 12.3. The van der Waals surface area contributed by atoms with Crippen LogP contribution >= 0.6 is 0 Å². The second-order valence-corrected chi connectivity index (χ2v) is 9.28. The summed E-state index contributed by atoms with van der Waals surface area (Å²) in [6, 6.07) is -0.155. The first-order chi connectivity index (χ1) is 9.54. The van der Waals surface area contributed by atoms with E-state index in [-0.39, 0.29) is 12.5 Å². The van der Waals surface area contributed by atoms with E-state index in [0.29, 0.717) is 13.0 Å². The molecule has 122 valence electrons. The summed E-state index contributed by atoms with van der Waals surface area (Å²) in [4.78, 5) is 24.6. The number of carbonyl (C=O) groups is 2. The molecule has 1 heterocycles. The fourth-order valence-corrected chi connectivity index (χ4v) is 3.31. The van der Waals surface area contributed by atoms with Gasteiger partial charge in [0.1, 0.15) is 5.75 Å². The van der Waals surface area contributed by atoms with Crippen molar-refractivity contribution in [3.8, 4) is 0 Å². The molecule has 1 atom stereocenters. The number of amides is 1. The molecule has 1 aliphatic heterocycles. The number of nitrogens with zero attached hydrogens (tertiary/aromatic N) is 1. The van der Waals surface area contributed by atoms with E-state index in [4.69, 9.17) is 5.11 Å². The summed E-state index contributed by atoms with van der Waals surface area (Å²) in [5.74, 6) is -1.80. The van der Waals surface area contributed by atoms with Crippen molar-refractivity contribution in [3.63, 3.8) is 0 Å². The van der Waals surface area contributed by atoms with Crippen molar-refractivity contribution in [2.45, 2.75) is 63.7 Å². The maximum Gasteiger partial charge on any atom is 0.303 e. The highest BCUT2D eigenvalue weighted by molar-refractivity contribution is 7.93. The van der Waals surface area contributed by atoms with Crippen molar-refractivity contribution < 1.29 is 23.1 Å². The first kappa shape index (κ1) is 17.9. The molecule has 0 saturated carbocycles. The Bertz CT molecular complexity index is 492. The zero-order valence-corrected chi connectivity index (χ0v) is 13.8. The molecule has 0 aromatic rings. The van der Waals surface area contributed by atoms with Crippen LogP contribution in [0, 0.1) is 0 Å². The minimum absolute atomic E-state index is 0.000464. The third-order valence-electron chi connectivity index (χ3n) is 3.89. The summed E-state index contributed by atoms with van der Waals surface area (Å²) < 4.78 is 23.3. The van der Waals surface area contributed by atoms with Crippen molar-refractivity contribution >= 4 is 21.7 Å². The monoisotopic (exact) mass is 319 g/mol. The van der Waals surface area contributed by atoms with Gasteiger partial charge in [-0.1, -0.05) is 0 Å². The molecule has 1 rings (SSSR count). The molecule has 1 aliphatic rings. The van der Waals surface area contributed by atoms with Crippen LogP contribution in [0.2, 0.25) is 0 Å². The Morgan fingerprint density at radius 3 is 2.38 bits per heavy atom. The van der Waals surface area contributed by atoms with Crippen molar-refractivity contribution in [1.82, 2.24) is 4.90 Å². The van der Waals surface area contributed by atoms with Crippen LogP contribution in [0.15, 0.2) is 0 Å². The standard InChI is InChI=1S/C14H25NO5S/c1-14(2,3)21(19,20)10-12(16)15-9-5-4-6-11(15)7-8-13(17)18/h11H,4-10H2,1-3H3,(H,17,18). The van der Waals surface area contributed by atoms with Crippen molar-refractivity contribution in [1.29, 1.82) is 0 Å². The van der Waals surface area contributed by atoms with E-state index >= 15 is 0 Å². The number of likely N-dealkylation sites (tertiary alicyclic amines) is 1. The molecule has 0 bridgehead atoms. The Hall–Kier alpha value is -1.11. The van der Waals surface area contributed by atoms with E-state index < -0.39 is 32.2 Å². The van der Waals surface area contributed by atoms with Gasteiger partial charge in [-0.05, 0) is 46.5 Å². The van der Waals surface area contributed by atoms with Crippen LogP contribution in [-0.4, -0.2) is 53.4 Å². The Morgan fingerprint density at radius 1 is 1.24 bits per heavy atom. The Balaban J connectivity index is 2.76. The number of carboxylic acids is 1. The predicted octanol–water partition coefficient (Wildman–Crippen LogP) is 1.45. The molecule has 0 aromatic heterocycles. The molecule has 1 unspecified atom stereocenters. The second-order valence-electron chi connectivity index (χ2n) is 6.54. The number of sulfone groups is 1. The fraction of sp³-hybridized carbons (Fsp3) is 0.857. The predicted molar refractivity (Wildman–Crippen MR) is 79.8 cm³/mol. The minimum atomic E-state index is -3.51. The van der Waals surface area contributed by atoms with E-state index in [9.17, 15) is 18.0 Å². The highest BCUT2D eigenvalue weighted by Gasteiger charge is 2.35. The number of aliphatic carboxylic acids is 1. The van der Waals surface area contributed by atoms with Gasteiger partial charge in [0.15, 0.2) is 9.84 Å². The Labute approximate surface area is 126 Å². The van der Waals surface area contributed by atoms with Crippen LogP contribution < -0.4 is 0 Å². The van der Waals surface area contributed by atoms with Crippen LogP contribution in [0.3, 0.4) is 0 Å². The summed E-state index contributed by atoms with van der Waals surface area (Å²) in [6.07, 6.45) is 2.91. The summed E-state index contributed by atoms with van der Waals surface area (Å²) in [7, 11) is -3.51. The van der Waals surface area contributed by atoms with Gasteiger partial charge in [-0.15, -0.1) is 0 Å². The van der Waals surface area contributed by atoms with Crippen LogP contribution in [-0.2, 0) is 19.4 Å². The zero-order chi connectivity index (χ0) is 16.3. The summed E-state index contributed by atoms with van der Waals surface area (Å²) in [5.41, 5.74) is 0. The average molecular weight is 319 g/mol. The molecule has 0 aliphatic carbocycles. The molecule has 0 aromatic carbocycles. The molecular formula is C14H25NO5S.